The van der Waals surface area contributed by atoms with Crippen molar-refractivity contribution in [2.45, 2.75) is 44.3 Å². The minimum atomic E-state index is -0.664. The van der Waals surface area contributed by atoms with E-state index in [2.05, 4.69) is 0 Å². The Labute approximate surface area is 147 Å². The molecular weight excluding hydrogens is 316 g/mol. The highest BCUT2D eigenvalue weighted by Crippen LogP contribution is 2.58. The van der Waals surface area contributed by atoms with E-state index in [9.17, 15) is 9.90 Å². The number of para-hydroxylation sites is 2. The number of aliphatic carboxylic acids is 1. The number of benzene rings is 2. The predicted molar refractivity (Wildman–Crippen MR) is 93.6 cm³/mol. The van der Waals surface area contributed by atoms with Crippen LogP contribution in [0.15, 0.2) is 54.6 Å². The summed E-state index contributed by atoms with van der Waals surface area (Å²) in [6, 6.07) is 17.5. The predicted octanol–water partition coefficient (Wildman–Crippen LogP) is 4.78. The SMILES string of the molecule is O=C(O)C12CCC(OCc3ccccc3Oc3ccccc3)(CC1)C2. The number of carbonyl (C=O) groups is 1. The van der Waals surface area contributed by atoms with E-state index in [1.165, 1.54) is 0 Å². The summed E-state index contributed by atoms with van der Waals surface area (Å²) in [5, 5.41) is 9.52. The summed E-state index contributed by atoms with van der Waals surface area (Å²) >= 11 is 0. The fraction of sp³-hybridized carbons (Fsp3) is 0.381. The first kappa shape index (κ1) is 16.2. The molecule has 2 aliphatic carbocycles. The van der Waals surface area contributed by atoms with E-state index in [1.54, 1.807) is 0 Å². The minimum Gasteiger partial charge on any atom is -0.481 e. The minimum absolute atomic E-state index is 0.280. The smallest absolute Gasteiger partial charge is 0.309 e. The largest absolute Gasteiger partial charge is 0.481 e. The molecule has 2 saturated carbocycles. The summed E-state index contributed by atoms with van der Waals surface area (Å²) in [4.78, 5) is 11.6. The fourth-order valence-corrected chi connectivity index (χ4v) is 4.21. The van der Waals surface area contributed by atoms with Crippen LogP contribution in [-0.4, -0.2) is 16.7 Å². The first-order valence-corrected chi connectivity index (χ1v) is 8.79. The zero-order valence-corrected chi connectivity index (χ0v) is 14.1. The van der Waals surface area contributed by atoms with Gasteiger partial charge in [0.15, 0.2) is 0 Å². The summed E-state index contributed by atoms with van der Waals surface area (Å²) in [6.07, 6.45) is 3.76. The van der Waals surface area contributed by atoms with E-state index < -0.39 is 11.4 Å². The maximum Gasteiger partial charge on any atom is 0.309 e. The Bertz CT molecular complexity index is 760. The van der Waals surface area contributed by atoms with Gasteiger partial charge in [-0.2, -0.15) is 0 Å². The van der Waals surface area contributed by atoms with Gasteiger partial charge in [0.2, 0.25) is 0 Å². The molecule has 25 heavy (non-hydrogen) atoms. The molecule has 0 unspecified atom stereocenters. The molecule has 4 rings (SSSR count). The van der Waals surface area contributed by atoms with E-state index in [1.807, 2.05) is 54.6 Å². The Balaban J connectivity index is 1.47. The van der Waals surface area contributed by atoms with Crippen LogP contribution < -0.4 is 4.74 Å². The Morgan fingerprint density at radius 2 is 1.64 bits per heavy atom. The number of ether oxygens (including phenoxy) is 2. The molecule has 2 bridgehead atoms. The van der Waals surface area contributed by atoms with Gasteiger partial charge in [-0.05, 0) is 50.3 Å². The van der Waals surface area contributed by atoms with Gasteiger partial charge in [-0.15, -0.1) is 0 Å². The van der Waals surface area contributed by atoms with E-state index >= 15 is 0 Å². The maximum absolute atomic E-state index is 11.6. The number of hydrogen-bond donors (Lipinski definition) is 1. The van der Waals surface area contributed by atoms with Crippen molar-refractivity contribution in [2.75, 3.05) is 0 Å². The second-order valence-corrected chi connectivity index (χ2v) is 7.26. The highest BCUT2D eigenvalue weighted by Gasteiger charge is 2.59. The first-order chi connectivity index (χ1) is 12.1. The van der Waals surface area contributed by atoms with Crippen LogP contribution in [0.25, 0.3) is 0 Å². The van der Waals surface area contributed by atoms with Gasteiger partial charge < -0.3 is 14.6 Å². The number of hydrogen-bond acceptors (Lipinski definition) is 3. The molecule has 4 nitrogen and oxygen atoms in total. The third-order valence-electron chi connectivity index (χ3n) is 5.71. The van der Waals surface area contributed by atoms with Crippen LogP contribution in [0.4, 0.5) is 0 Å². The average Bonchev–Trinajstić information content (AvgIpc) is 3.20. The van der Waals surface area contributed by atoms with Crippen molar-refractivity contribution in [3.63, 3.8) is 0 Å². The van der Waals surface area contributed by atoms with E-state index in [0.29, 0.717) is 13.0 Å². The third-order valence-corrected chi connectivity index (χ3v) is 5.71. The maximum atomic E-state index is 11.6. The fourth-order valence-electron chi connectivity index (χ4n) is 4.21. The van der Waals surface area contributed by atoms with Crippen molar-refractivity contribution in [1.29, 1.82) is 0 Å². The lowest BCUT2D eigenvalue weighted by Crippen LogP contribution is -2.26. The van der Waals surface area contributed by atoms with Gasteiger partial charge in [0.05, 0.1) is 17.6 Å². The molecule has 130 valence electrons. The molecule has 4 heteroatoms. The van der Waals surface area contributed by atoms with Gasteiger partial charge in [0, 0.05) is 5.56 Å². The number of fused-ring (bicyclic) bond motifs is 2. The molecule has 2 fully saturated rings. The molecule has 0 aliphatic heterocycles. The Morgan fingerprint density at radius 3 is 2.32 bits per heavy atom. The van der Waals surface area contributed by atoms with Crippen LogP contribution in [0.3, 0.4) is 0 Å². The highest BCUT2D eigenvalue weighted by atomic mass is 16.5. The molecule has 2 aromatic carbocycles. The molecule has 2 aromatic rings. The molecular formula is C21H22O4. The molecule has 1 N–H and O–H groups in total. The molecule has 0 amide bonds. The lowest BCUT2D eigenvalue weighted by atomic mass is 9.84. The molecule has 0 saturated heterocycles. The summed E-state index contributed by atoms with van der Waals surface area (Å²) in [5.74, 6) is 0.911. The van der Waals surface area contributed by atoms with Crippen molar-refractivity contribution >= 4 is 5.97 Å². The van der Waals surface area contributed by atoms with Crippen LogP contribution in [0.1, 0.15) is 37.7 Å². The molecule has 2 aliphatic rings. The van der Waals surface area contributed by atoms with Crippen LogP contribution in [0.2, 0.25) is 0 Å². The second-order valence-electron chi connectivity index (χ2n) is 7.26. The van der Waals surface area contributed by atoms with Crippen LogP contribution in [0.5, 0.6) is 11.5 Å². The third kappa shape index (κ3) is 3.02. The average molecular weight is 338 g/mol. The Kier molecular flexibility index (Phi) is 4.00. The summed E-state index contributed by atoms with van der Waals surface area (Å²) in [5.41, 5.74) is 0.152. The Hall–Kier alpha value is -2.33. The lowest BCUT2D eigenvalue weighted by Gasteiger charge is -2.27. The van der Waals surface area contributed by atoms with Crippen molar-refractivity contribution in [1.82, 2.24) is 0 Å². The topological polar surface area (TPSA) is 55.8 Å². The summed E-state index contributed by atoms with van der Waals surface area (Å²) in [6.45, 7) is 0.443. The molecule has 0 heterocycles. The van der Waals surface area contributed by atoms with Crippen molar-refractivity contribution in [3.05, 3.63) is 60.2 Å². The van der Waals surface area contributed by atoms with Gasteiger partial charge in [0.25, 0.3) is 0 Å². The van der Waals surface area contributed by atoms with Crippen LogP contribution >= 0.6 is 0 Å². The van der Waals surface area contributed by atoms with Gasteiger partial charge in [-0.3, -0.25) is 4.79 Å². The standard InChI is InChI=1S/C21H22O4/c22-19(23)20-10-12-21(15-20,13-11-20)24-14-16-6-4-5-9-18(16)25-17-7-2-1-3-8-17/h1-9H,10-15H2,(H,22,23). The molecule has 0 aromatic heterocycles. The van der Waals surface area contributed by atoms with E-state index in [4.69, 9.17) is 9.47 Å². The van der Waals surface area contributed by atoms with Gasteiger partial charge in [-0.1, -0.05) is 36.4 Å². The lowest BCUT2D eigenvalue weighted by molar-refractivity contribution is -0.148. The van der Waals surface area contributed by atoms with Gasteiger partial charge >= 0.3 is 5.97 Å². The van der Waals surface area contributed by atoms with Crippen molar-refractivity contribution in [3.8, 4) is 11.5 Å². The monoisotopic (exact) mass is 338 g/mol. The van der Waals surface area contributed by atoms with Crippen molar-refractivity contribution < 1.29 is 19.4 Å². The van der Waals surface area contributed by atoms with Gasteiger partial charge in [-0.25, -0.2) is 0 Å². The Morgan fingerprint density at radius 1 is 0.960 bits per heavy atom. The van der Waals surface area contributed by atoms with Crippen LogP contribution in [0, 0.1) is 5.41 Å². The van der Waals surface area contributed by atoms with E-state index in [0.717, 1.165) is 42.7 Å². The summed E-state index contributed by atoms with van der Waals surface area (Å²) < 4.78 is 12.3. The molecule has 0 radical (unpaired) electrons. The normalized spacial score (nSPS) is 27.4. The summed E-state index contributed by atoms with van der Waals surface area (Å²) in [7, 11) is 0. The first-order valence-electron chi connectivity index (χ1n) is 8.79. The van der Waals surface area contributed by atoms with Crippen LogP contribution in [-0.2, 0) is 16.1 Å². The zero-order valence-electron chi connectivity index (χ0n) is 14.1. The molecule has 0 atom stereocenters. The molecule has 0 spiro atoms. The number of carboxylic acids is 1. The second kappa shape index (κ2) is 6.19. The zero-order chi connectivity index (χ0) is 17.3. The van der Waals surface area contributed by atoms with E-state index in [-0.39, 0.29) is 5.60 Å². The highest BCUT2D eigenvalue weighted by molar-refractivity contribution is 5.76. The number of carboxylic acid groups (broad SMARTS) is 1. The van der Waals surface area contributed by atoms with Gasteiger partial charge in [0.1, 0.15) is 11.5 Å². The number of rotatable bonds is 6. The van der Waals surface area contributed by atoms with Crippen molar-refractivity contribution in [2.24, 2.45) is 5.41 Å². The quantitative estimate of drug-likeness (QED) is 0.823.